The molecule has 2 rings (SSSR count). The van der Waals surface area contributed by atoms with Crippen LogP contribution in [-0.2, 0) is 11.2 Å². The van der Waals surface area contributed by atoms with E-state index in [2.05, 4.69) is 10.3 Å². The lowest BCUT2D eigenvalue weighted by Gasteiger charge is -2.40. The van der Waals surface area contributed by atoms with Crippen LogP contribution in [0.15, 0.2) is 5.38 Å². The Morgan fingerprint density at radius 2 is 2.44 bits per heavy atom. The van der Waals surface area contributed by atoms with Crippen LogP contribution in [0.2, 0.25) is 0 Å². The third kappa shape index (κ3) is 2.88. The number of aromatic nitrogens is 1. The average Bonchev–Trinajstić information content (AvgIpc) is 2.77. The summed E-state index contributed by atoms with van der Waals surface area (Å²) in [6, 6.07) is 0. The molecule has 1 saturated carbocycles. The molecule has 5 nitrogen and oxygen atoms in total. The largest absolute Gasteiger partial charge is 0.376 e. The predicted octanol–water partition coefficient (Wildman–Crippen LogP) is 0.943. The van der Waals surface area contributed by atoms with E-state index in [4.69, 9.17) is 10.5 Å². The van der Waals surface area contributed by atoms with Gasteiger partial charge in [0, 0.05) is 25.5 Å². The van der Waals surface area contributed by atoms with Crippen molar-refractivity contribution in [3.63, 3.8) is 0 Å². The van der Waals surface area contributed by atoms with Gasteiger partial charge in [-0.15, -0.1) is 11.3 Å². The number of ether oxygens (including phenoxy) is 1. The summed E-state index contributed by atoms with van der Waals surface area (Å²) >= 11 is 1.48. The molecule has 0 aromatic carbocycles. The maximum atomic E-state index is 11.9. The summed E-state index contributed by atoms with van der Waals surface area (Å²) in [5.41, 5.74) is 5.79. The van der Waals surface area contributed by atoms with Gasteiger partial charge in [-0.3, -0.25) is 4.79 Å². The number of thiazole rings is 1. The highest BCUT2D eigenvalue weighted by molar-refractivity contribution is 7.09. The van der Waals surface area contributed by atoms with E-state index in [9.17, 15) is 4.79 Å². The van der Waals surface area contributed by atoms with Crippen LogP contribution >= 0.6 is 11.3 Å². The summed E-state index contributed by atoms with van der Waals surface area (Å²) in [4.78, 5) is 16.2. The number of carbonyl (C=O) groups excluding carboxylic acids is 1. The van der Waals surface area contributed by atoms with E-state index < -0.39 is 0 Å². The number of nitrogens with zero attached hydrogens (tertiary/aromatic N) is 1. The molecule has 1 amide bonds. The Hall–Kier alpha value is -0.980. The van der Waals surface area contributed by atoms with E-state index >= 15 is 0 Å². The summed E-state index contributed by atoms with van der Waals surface area (Å²) < 4.78 is 5.45. The Labute approximate surface area is 111 Å². The molecule has 1 fully saturated rings. The minimum absolute atomic E-state index is 0.127. The molecule has 1 heterocycles. The number of nitrogens with one attached hydrogen (secondary N) is 1. The summed E-state index contributed by atoms with van der Waals surface area (Å²) in [7, 11) is 1.70. The first-order valence-electron chi connectivity index (χ1n) is 6.17. The van der Waals surface area contributed by atoms with Crippen LogP contribution in [0.1, 0.15) is 34.8 Å². The smallest absolute Gasteiger partial charge is 0.270 e. The van der Waals surface area contributed by atoms with Crippen molar-refractivity contribution in [1.29, 1.82) is 0 Å². The van der Waals surface area contributed by atoms with Gasteiger partial charge < -0.3 is 15.8 Å². The second kappa shape index (κ2) is 5.77. The second-order valence-corrected chi connectivity index (χ2v) is 5.53. The van der Waals surface area contributed by atoms with Gasteiger partial charge in [0.1, 0.15) is 5.69 Å². The maximum Gasteiger partial charge on any atom is 0.270 e. The van der Waals surface area contributed by atoms with Gasteiger partial charge in [-0.05, 0) is 25.8 Å². The van der Waals surface area contributed by atoms with Gasteiger partial charge >= 0.3 is 0 Å². The van der Waals surface area contributed by atoms with Gasteiger partial charge in [0.05, 0.1) is 10.6 Å². The van der Waals surface area contributed by atoms with Crippen LogP contribution in [0.5, 0.6) is 0 Å². The fourth-order valence-corrected chi connectivity index (χ4v) is 2.80. The van der Waals surface area contributed by atoms with E-state index in [0.29, 0.717) is 18.8 Å². The first-order chi connectivity index (χ1) is 8.69. The predicted molar refractivity (Wildman–Crippen MR) is 70.8 cm³/mol. The molecule has 18 heavy (non-hydrogen) atoms. The van der Waals surface area contributed by atoms with Crippen LogP contribution in [0.3, 0.4) is 0 Å². The third-order valence-corrected chi connectivity index (χ3v) is 4.32. The zero-order valence-electron chi connectivity index (χ0n) is 10.6. The second-order valence-electron chi connectivity index (χ2n) is 4.59. The van der Waals surface area contributed by atoms with Gasteiger partial charge in [-0.2, -0.15) is 0 Å². The number of nitrogens with two attached hydrogens (primary N) is 1. The average molecular weight is 269 g/mol. The fourth-order valence-electron chi connectivity index (χ4n) is 2.01. The molecule has 3 N–H and O–H groups in total. The number of methoxy groups -OCH3 is 1. The zero-order valence-corrected chi connectivity index (χ0v) is 11.4. The molecular weight excluding hydrogens is 250 g/mol. The Balaban J connectivity index is 1.87. The summed E-state index contributed by atoms with van der Waals surface area (Å²) in [6.45, 7) is 1.12. The third-order valence-electron chi connectivity index (χ3n) is 3.41. The molecule has 1 aliphatic rings. The normalized spacial score (nSPS) is 17.2. The van der Waals surface area contributed by atoms with Gasteiger partial charge in [0.2, 0.25) is 0 Å². The minimum atomic E-state index is -0.147. The van der Waals surface area contributed by atoms with E-state index in [1.165, 1.54) is 17.8 Å². The van der Waals surface area contributed by atoms with Crippen molar-refractivity contribution >= 4 is 17.2 Å². The summed E-state index contributed by atoms with van der Waals surface area (Å²) in [6.07, 6.45) is 3.92. The summed E-state index contributed by atoms with van der Waals surface area (Å²) in [5, 5.41) is 5.59. The van der Waals surface area contributed by atoms with Crippen LogP contribution in [-0.4, -0.2) is 36.7 Å². The van der Waals surface area contributed by atoms with Gasteiger partial charge in [0.15, 0.2) is 0 Å². The number of hydrogen-bond donors (Lipinski definition) is 2. The topological polar surface area (TPSA) is 77.2 Å². The number of hydrogen-bond acceptors (Lipinski definition) is 5. The zero-order chi connectivity index (χ0) is 13.0. The fraction of sp³-hybridized carbons (Fsp3) is 0.667. The number of rotatable bonds is 6. The molecule has 100 valence electrons. The van der Waals surface area contributed by atoms with E-state index in [1.807, 2.05) is 0 Å². The van der Waals surface area contributed by atoms with E-state index in [-0.39, 0.29) is 11.5 Å². The molecule has 0 aliphatic heterocycles. The maximum absolute atomic E-state index is 11.9. The highest BCUT2D eigenvalue weighted by Crippen LogP contribution is 2.34. The summed E-state index contributed by atoms with van der Waals surface area (Å²) in [5.74, 6) is -0.127. The lowest BCUT2D eigenvalue weighted by Crippen LogP contribution is -2.49. The molecule has 1 aromatic rings. The molecule has 0 saturated heterocycles. The van der Waals surface area contributed by atoms with E-state index in [1.54, 1.807) is 12.5 Å². The molecule has 0 atom stereocenters. The molecule has 0 bridgehead atoms. The minimum Gasteiger partial charge on any atom is -0.376 e. The molecule has 6 heteroatoms. The highest BCUT2D eigenvalue weighted by atomic mass is 32.1. The van der Waals surface area contributed by atoms with Gasteiger partial charge in [-0.1, -0.05) is 0 Å². The van der Waals surface area contributed by atoms with Crippen molar-refractivity contribution in [1.82, 2.24) is 10.3 Å². The van der Waals surface area contributed by atoms with Crippen molar-refractivity contribution in [3.8, 4) is 0 Å². The van der Waals surface area contributed by atoms with Crippen molar-refractivity contribution in [2.24, 2.45) is 5.73 Å². The molecular formula is C12H19N3O2S. The van der Waals surface area contributed by atoms with Crippen molar-refractivity contribution in [3.05, 3.63) is 16.1 Å². The number of amides is 1. The lowest BCUT2D eigenvalue weighted by atomic mass is 9.80. The molecule has 1 aromatic heterocycles. The standard InChI is InChI=1S/C12H19N3O2S/c1-17-12(4-2-5-12)8-14-11(16)9-7-18-10(15-9)3-6-13/h7H,2-6,8,13H2,1H3,(H,14,16). The Bertz CT molecular complexity index is 410. The Morgan fingerprint density at radius 3 is 3.00 bits per heavy atom. The molecule has 0 radical (unpaired) electrons. The van der Waals surface area contributed by atoms with Crippen LogP contribution in [0.25, 0.3) is 0 Å². The quantitative estimate of drug-likeness (QED) is 0.806. The highest BCUT2D eigenvalue weighted by Gasteiger charge is 2.37. The van der Waals surface area contributed by atoms with Crippen LogP contribution in [0.4, 0.5) is 0 Å². The van der Waals surface area contributed by atoms with Crippen LogP contribution < -0.4 is 11.1 Å². The first-order valence-corrected chi connectivity index (χ1v) is 7.05. The monoisotopic (exact) mass is 269 g/mol. The van der Waals surface area contributed by atoms with Crippen molar-refractivity contribution < 1.29 is 9.53 Å². The Kier molecular flexibility index (Phi) is 4.31. The van der Waals surface area contributed by atoms with Gasteiger partial charge in [0.25, 0.3) is 5.91 Å². The van der Waals surface area contributed by atoms with Crippen molar-refractivity contribution in [2.75, 3.05) is 20.2 Å². The SMILES string of the molecule is COC1(CNC(=O)c2csc(CCN)n2)CCC1. The lowest BCUT2D eigenvalue weighted by molar-refractivity contribution is -0.0679. The Morgan fingerprint density at radius 1 is 1.67 bits per heavy atom. The molecule has 0 spiro atoms. The van der Waals surface area contributed by atoms with Crippen molar-refractivity contribution in [2.45, 2.75) is 31.3 Å². The number of carbonyl (C=O) groups is 1. The first kappa shape index (κ1) is 13.5. The molecule has 0 unspecified atom stereocenters. The molecule has 1 aliphatic carbocycles. The van der Waals surface area contributed by atoms with Crippen LogP contribution in [0, 0.1) is 0 Å². The van der Waals surface area contributed by atoms with Gasteiger partial charge in [-0.25, -0.2) is 4.98 Å². The van der Waals surface area contributed by atoms with E-state index in [0.717, 1.165) is 24.3 Å².